The summed E-state index contributed by atoms with van der Waals surface area (Å²) in [6.45, 7) is 8.07. The van der Waals surface area contributed by atoms with Gasteiger partial charge in [0.05, 0.1) is 30.9 Å². The molecular formula is C43H49F2N9O4. The van der Waals surface area contributed by atoms with E-state index < -0.39 is 18.4 Å². The number of para-hydroxylation sites is 1. The number of ether oxygens (including phenoxy) is 1. The first kappa shape index (κ1) is 37.1. The topological polar surface area (TPSA) is 130 Å². The van der Waals surface area contributed by atoms with E-state index in [1.807, 2.05) is 54.5 Å². The van der Waals surface area contributed by atoms with Crippen molar-refractivity contribution >= 4 is 40.3 Å². The number of imide groups is 1. The molecule has 58 heavy (non-hydrogen) atoms. The second-order valence-corrected chi connectivity index (χ2v) is 16.9. The van der Waals surface area contributed by atoms with Crippen LogP contribution in [-0.4, -0.2) is 124 Å². The zero-order valence-electron chi connectivity index (χ0n) is 32.7. The highest BCUT2D eigenvalue weighted by Crippen LogP contribution is 2.44. The number of carbonyl (C=O) groups excluding carboxylic acids is 3. The molecule has 2 aromatic heterocycles. The smallest absolute Gasteiger partial charge is 0.255 e. The Bertz CT molecular complexity index is 2240. The molecule has 15 heteroatoms. The first-order valence-corrected chi connectivity index (χ1v) is 20.8. The minimum absolute atomic E-state index is 0.0588. The fraction of sp³-hybridized carbons (Fsp3) is 0.512. The average molecular weight is 794 g/mol. The average Bonchev–Trinajstić information content (AvgIpc) is 3.77. The van der Waals surface area contributed by atoms with E-state index in [2.05, 4.69) is 31.1 Å². The van der Waals surface area contributed by atoms with Crippen LogP contribution in [0, 0.1) is 5.92 Å². The Balaban J connectivity index is 0.737. The number of alkyl halides is 2. The minimum Gasteiger partial charge on any atom is -0.489 e. The molecule has 304 valence electrons. The van der Waals surface area contributed by atoms with Crippen LogP contribution < -0.4 is 19.9 Å². The molecule has 10 rings (SSSR count). The maximum Gasteiger partial charge on any atom is 0.255 e. The van der Waals surface area contributed by atoms with E-state index in [-0.39, 0.29) is 42.9 Å². The summed E-state index contributed by atoms with van der Waals surface area (Å²) in [7, 11) is 0. The molecule has 0 radical (unpaired) electrons. The highest BCUT2D eigenvalue weighted by atomic mass is 19.3. The third kappa shape index (κ3) is 6.55. The van der Waals surface area contributed by atoms with Crippen LogP contribution in [0.1, 0.15) is 77.8 Å². The molecule has 6 aliphatic heterocycles. The molecule has 8 heterocycles. The summed E-state index contributed by atoms with van der Waals surface area (Å²) in [5.41, 5.74) is 6.41. The van der Waals surface area contributed by atoms with Crippen LogP contribution in [0.2, 0.25) is 0 Å². The van der Waals surface area contributed by atoms with Crippen molar-refractivity contribution in [1.29, 1.82) is 0 Å². The van der Waals surface area contributed by atoms with Crippen molar-refractivity contribution in [2.24, 2.45) is 5.92 Å². The van der Waals surface area contributed by atoms with E-state index in [0.717, 1.165) is 97.7 Å². The number of carbonyl (C=O) groups is 3. The van der Waals surface area contributed by atoms with Gasteiger partial charge in [-0.3, -0.25) is 29.5 Å². The zero-order valence-corrected chi connectivity index (χ0v) is 32.7. The van der Waals surface area contributed by atoms with Crippen molar-refractivity contribution in [3.8, 4) is 5.75 Å². The minimum atomic E-state index is -2.45. The molecule has 0 saturated carbocycles. The van der Waals surface area contributed by atoms with Gasteiger partial charge in [0.25, 0.3) is 12.3 Å². The molecule has 0 aliphatic carbocycles. The first-order chi connectivity index (χ1) is 28.2. The van der Waals surface area contributed by atoms with Gasteiger partial charge >= 0.3 is 0 Å². The van der Waals surface area contributed by atoms with Crippen molar-refractivity contribution in [3.05, 3.63) is 76.7 Å². The molecule has 6 aliphatic rings. The molecular weight excluding hydrogens is 745 g/mol. The molecule has 4 aromatic rings. The molecule has 0 bridgehead atoms. The molecule has 13 nitrogen and oxygen atoms in total. The predicted octanol–water partition coefficient (Wildman–Crippen LogP) is 4.51. The van der Waals surface area contributed by atoms with Gasteiger partial charge in [0.15, 0.2) is 0 Å². The lowest BCUT2D eigenvalue weighted by Crippen LogP contribution is -2.57. The number of piperazine rings is 1. The number of amides is 3. The number of piperidine rings is 2. The number of benzene rings is 2. The summed E-state index contributed by atoms with van der Waals surface area (Å²) in [6.07, 6.45) is 5.73. The summed E-state index contributed by atoms with van der Waals surface area (Å²) < 4.78 is 34.1. The van der Waals surface area contributed by atoms with Gasteiger partial charge in [0.2, 0.25) is 17.8 Å². The summed E-state index contributed by atoms with van der Waals surface area (Å²) in [5.74, 6) is 1.15. The van der Waals surface area contributed by atoms with Crippen molar-refractivity contribution in [3.63, 3.8) is 0 Å². The van der Waals surface area contributed by atoms with Crippen LogP contribution >= 0.6 is 0 Å². The van der Waals surface area contributed by atoms with E-state index in [0.29, 0.717) is 43.4 Å². The number of aromatic nitrogens is 3. The van der Waals surface area contributed by atoms with Crippen LogP contribution in [-0.2, 0) is 22.6 Å². The third-order valence-corrected chi connectivity index (χ3v) is 13.5. The molecule has 2 N–H and O–H groups in total. The van der Waals surface area contributed by atoms with E-state index in [4.69, 9.17) is 14.7 Å². The largest absolute Gasteiger partial charge is 0.489 e. The number of aromatic amines is 1. The van der Waals surface area contributed by atoms with Crippen LogP contribution in [0.5, 0.6) is 5.75 Å². The van der Waals surface area contributed by atoms with E-state index in [1.165, 1.54) is 5.56 Å². The van der Waals surface area contributed by atoms with Crippen molar-refractivity contribution in [1.82, 2.24) is 35.0 Å². The number of anilines is 2. The SMILES string of the molecule is C[C@@H]1Cc2c([nH]c3ccccc23)[C@@H](c2cnc(N3CCC(CCN4CCN5c6ccc7c(c6OC[C@H]5C4)CN(C4CCC(=O)NC4=O)C7=O)CC3)nc2)N1CC(F)F. The highest BCUT2D eigenvalue weighted by molar-refractivity contribution is 6.06. The molecule has 3 saturated heterocycles. The number of halogens is 2. The monoisotopic (exact) mass is 793 g/mol. The van der Waals surface area contributed by atoms with Gasteiger partial charge in [-0.25, -0.2) is 18.7 Å². The van der Waals surface area contributed by atoms with Crippen molar-refractivity contribution in [2.45, 2.75) is 82.6 Å². The van der Waals surface area contributed by atoms with Crippen LogP contribution in [0.3, 0.4) is 0 Å². The second kappa shape index (κ2) is 14.9. The fourth-order valence-electron chi connectivity index (χ4n) is 10.5. The van der Waals surface area contributed by atoms with Crippen molar-refractivity contribution < 1.29 is 27.9 Å². The van der Waals surface area contributed by atoms with Gasteiger partial charge in [0, 0.05) is 90.9 Å². The number of hydrogen-bond donors (Lipinski definition) is 2. The Morgan fingerprint density at radius 3 is 2.55 bits per heavy atom. The van der Waals surface area contributed by atoms with Crippen LogP contribution in [0.4, 0.5) is 20.4 Å². The number of nitrogens with one attached hydrogen (secondary N) is 2. The molecule has 2 aromatic carbocycles. The number of fused-ring (bicyclic) bond motifs is 8. The van der Waals surface area contributed by atoms with Gasteiger partial charge < -0.3 is 24.4 Å². The van der Waals surface area contributed by atoms with Crippen molar-refractivity contribution in [2.75, 3.05) is 62.2 Å². The third-order valence-electron chi connectivity index (χ3n) is 13.5. The zero-order chi connectivity index (χ0) is 39.7. The number of H-pyrrole nitrogens is 1. The maximum absolute atomic E-state index is 13.9. The Morgan fingerprint density at radius 1 is 0.948 bits per heavy atom. The molecule has 3 amide bonds. The quantitative estimate of drug-likeness (QED) is 0.246. The predicted molar refractivity (Wildman–Crippen MR) is 213 cm³/mol. The van der Waals surface area contributed by atoms with Gasteiger partial charge in [-0.2, -0.15) is 0 Å². The summed E-state index contributed by atoms with van der Waals surface area (Å²) in [4.78, 5) is 61.5. The molecule has 4 atom stereocenters. The van der Waals surface area contributed by atoms with Gasteiger partial charge in [-0.1, -0.05) is 18.2 Å². The van der Waals surface area contributed by atoms with Gasteiger partial charge in [-0.05, 0) is 75.3 Å². The van der Waals surface area contributed by atoms with E-state index in [9.17, 15) is 23.2 Å². The molecule has 1 unspecified atom stereocenters. The highest BCUT2D eigenvalue weighted by Gasteiger charge is 2.43. The lowest BCUT2D eigenvalue weighted by atomic mass is 9.89. The normalized spacial score (nSPS) is 25.4. The van der Waals surface area contributed by atoms with E-state index >= 15 is 0 Å². The lowest BCUT2D eigenvalue weighted by molar-refractivity contribution is -0.136. The summed E-state index contributed by atoms with van der Waals surface area (Å²) in [6, 6.07) is 11.1. The Labute approximate surface area is 335 Å². The number of hydrogen-bond acceptors (Lipinski definition) is 10. The first-order valence-electron chi connectivity index (χ1n) is 20.8. The standard InChI is InChI=1S/C43H49F2N9O4/c1-25-18-31-29-4-2-3-5-33(29)48-38(31)39(53(25)23-36(44)45)27-19-46-43(47-20-27)51-14-11-26(12-15-51)10-13-50-16-17-52-28(21-50)24-58-40-32-22-54(35-8-9-37(55)49-41(35)56)42(57)30(32)6-7-34(40)52/h2-7,19-20,25-26,28,35-36,39,48H,8-18,21-24H2,1H3,(H,49,55,56)/t25-,28-,35?,39-/m1/s1. The molecule has 0 spiro atoms. The Hall–Kier alpha value is -5.15. The molecule has 3 fully saturated rings. The van der Waals surface area contributed by atoms with Gasteiger partial charge in [0.1, 0.15) is 18.4 Å². The second-order valence-electron chi connectivity index (χ2n) is 16.9. The Kier molecular flexibility index (Phi) is 9.54. The maximum atomic E-state index is 13.9. The lowest BCUT2D eigenvalue weighted by Gasteiger charge is -2.46. The fourth-order valence-corrected chi connectivity index (χ4v) is 10.5. The van der Waals surface area contributed by atoms with Gasteiger partial charge in [-0.15, -0.1) is 0 Å². The van der Waals surface area contributed by atoms with Crippen LogP contribution in [0.15, 0.2) is 48.8 Å². The van der Waals surface area contributed by atoms with Crippen LogP contribution in [0.25, 0.3) is 10.9 Å². The summed E-state index contributed by atoms with van der Waals surface area (Å²) in [5, 5.41) is 3.52. The Morgan fingerprint density at radius 2 is 1.76 bits per heavy atom. The number of rotatable bonds is 8. The summed E-state index contributed by atoms with van der Waals surface area (Å²) >= 11 is 0. The number of nitrogens with zero attached hydrogens (tertiary/aromatic N) is 7. The van der Waals surface area contributed by atoms with E-state index in [1.54, 1.807) is 4.90 Å².